The summed E-state index contributed by atoms with van der Waals surface area (Å²) < 4.78 is 77.3. The molecule has 1 aliphatic rings. The molecule has 2 aromatic rings. The standard InChI is InChI=1S/C18H12F6N2O2/c19-17(20,21)11-7-12(18(22,23)24)9-13(8-11)25-15(27)16(28)26-6-5-10-3-1-2-4-14(10)26/h1-4,7-9H,5-6H2,(H,25,27). The van der Waals surface area contributed by atoms with Gasteiger partial charge in [-0.05, 0) is 36.2 Å². The molecule has 0 aromatic heterocycles. The maximum absolute atomic E-state index is 12.9. The van der Waals surface area contributed by atoms with Gasteiger partial charge in [-0.15, -0.1) is 0 Å². The first-order chi connectivity index (χ1) is 13.0. The lowest BCUT2D eigenvalue weighted by Gasteiger charge is -2.18. The van der Waals surface area contributed by atoms with Crippen LogP contribution in [0.5, 0.6) is 0 Å². The SMILES string of the molecule is O=C(Nc1cc(C(F)(F)F)cc(C(F)(F)F)c1)C(=O)N1CCc2ccccc21. The maximum Gasteiger partial charge on any atom is 0.416 e. The summed E-state index contributed by atoms with van der Waals surface area (Å²) in [5.74, 6) is -2.40. The topological polar surface area (TPSA) is 49.4 Å². The van der Waals surface area contributed by atoms with Crippen LogP contribution >= 0.6 is 0 Å². The molecule has 0 fully saturated rings. The van der Waals surface area contributed by atoms with E-state index in [0.717, 1.165) is 10.5 Å². The number of benzene rings is 2. The van der Waals surface area contributed by atoms with Gasteiger partial charge in [0.25, 0.3) is 0 Å². The summed E-state index contributed by atoms with van der Waals surface area (Å²) in [6, 6.07) is 7.37. The number of rotatable bonds is 1. The van der Waals surface area contributed by atoms with Crippen molar-refractivity contribution in [1.29, 1.82) is 0 Å². The van der Waals surface area contributed by atoms with E-state index in [1.807, 2.05) is 5.32 Å². The average molecular weight is 402 g/mol. The van der Waals surface area contributed by atoms with Crippen LogP contribution in [0.15, 0.2) is 42.5 Å². The molecule has 4 nitrogen and oxygen atoms in total. The number of anilines is 2. The second kappa shape index (κ2) is 6.84. The molecule has 2 aromatic carbocycles. The number of hydrogen-bond donors (Lipinski definition) is 1. The molecular weight excluding hydrogens is 390 g/mol. The van der Waals surface area contributed by atoms with E-state index < -0.39 is 41.0 Å². The first kappa shape index (κ1) is 19.7. The molecule has 28 heavy (non-hydrogen) atoms. The molecule has 3 rings (SSSR count). The fourth-order valence-electron chi connectivity index (χ4n) is 2.88. The molecule has 0 atom stereocenters. The number of carbonyl (C=O) groups is 2. The summed E-state index contributed by atoms with van der Waals surface area (Å²) in [7, 11) is 0. The smallest absolute Gasteiger partial charge is 0.318 e. The third-order valence-electron chi connectivity index (χ3n) is 4.17. The Labute approximate surface area is 154 Å². The lowest BCUT2D eigenvalue weighted by molar-refractivity contribution is -0.143. The van der Waals surface area contributed by atoms with Crippen LogP contribution in [0.25, 0.3) is 0 Å². The van der Waals surface area contributed by atoms with Gasteiger partial charge in [0.05, 0.1) is 11.1 Å². The highest BCUT2D eigenvalue weighted by Gasteiger charge is 2.37. The average Bonchev–Trinajstić information content (AvgIpc) is 3.03. The van der Waals surface area contributed by atoms with Crippen LogP contribution in [-0.2, 0) is 28.4 Å². The highest BCUT2D eigenvalue weighted by molar-refractivity contribution is 6.44. The van der Waals surface area contributed by atoms with Gasteiger partial charge in [-0.3, -0.25) is 9.59 Å². The molecule has 0 saturated carbocycles. The number of nitrogens with one attached hydrogen (secondary N) is 1. The largest absolute Gasteiger partial charge is 0.416 e. The van der Waals surface area contributed by atoms with Gasteiger partial charge in [0.1, 0.15) is 0 Å². The lowest BCUT2D eigenvalue weighted by atomic mass is 10.1. The number of hydrogen-bond acceptors (Lipinski definition) is 2. The van der Waals surface area contributed by atoms with Gasteiger partial charge in [0.15, 0.2) is 0 Å². The maximum atomic E-state index is 12.9. The molecular formula is C18H12F6N2O2. The van der Waals surface area contributed by atoms with Crippen molar-refractivity contribution in [3.8, 4) is 0 Å². The Morgan fingerprint density at radius 3 is 2.04 bits per heavy atom. The van der Waals surface area contributed by atoms with Crippen molar-refractivity contribution < 1.29 is 35.9 Å². The van der Waals surface area contributed by atoms with Crippen LogP contribution < -0.4 is 10.2 Å². The number of nitrogens with zero attached hydrogens (tertiary/aromatic N) is 1. The van der Waals surface area contributed by atoms with Crippen LogP contribution in [0.2, 0.25) is 0 Å². The van der Waals surface area contributed by atoms with Crippen LogP contribution in [0, 0.1) is 0 Å². The van der Waals surface area contributed by atoms with Crippen molar-refractivity contribution in [2.24, 2.45) is 0 Å². The first-order valence-electron chi connectivity index (χ1n) is 7.97. The van der Waals surface area contributed by atoms with Gasteiger partial charge < -0.3 is 10.2 Å². The number of amides is 2. The van der Waals surface area contributed by atoms with Gasteiger partial charge in [-0.25, -0.2) is 0 Å². The minimum atomic E-state index is -5.06. The zero-order valence-corrected chi connectivity index (χ0v) is 14.0. The van der Waals surface area contributed by atoms with Crippen LogP contribution in [0.3, 0.4) is 0 Å². The normalized spacial score (nSPS) is 14.0. The Morgan fingerprint density at radius 1 is 0.893 bits per heavy atom. The third kappa shape index (κ3) is 3.95. The molecule has 10 heteroatoms. The van der Waals surface area contributed by atoms with Gasteiger partial charge in [-0.2, -0.15) is 26.3 Å². The minimum absolute atomic E-state index is 0.0613. The number of carbonyl (C=O) groups excluding carboxylic acids is 2. The Balaban J connectivity index is 1.87. The van der Waals surface area contributed by atoms with E-state index in [1.54, 1.807) is 24.3 Å². The summed E-state index contributed by atoms with van der Waals surface area (Å²) in [5, 5.41) is 1.84. The van der Waals surface area contributed by atoms with Crippen LogP contribution in [0.1, 0.15) is 16.7 Å². The first-order valence-corrected chi connectivity index (χ1v) is 7.97. The van der Waals surface area contributed by atoms with Crippen molar-refractivity contribution in [3.05, 3.63) is 59.2 Å². The Morgan fingerprint density at radius 2 is 1.46 bits per heavy atom. The predicted molar refractivity (Wildman–Crippen MR) is 87.6 cm³/mol. The van der Waals surface area contributed by atoms with E-state index in [2.05, 4.69) is 0 Å². The molecule has 1 N–H and O–H groups in total. The van der Waals surface area contributed by atoms with E-state index >= 15 is 0 Å². The van der Waals surface area contributed by atoms with E-state index in [0.29, 0.717) is 24.2 Å². The van der Waals surface area contributed by atoms with Crippen molar-refractivity contribution in [2.45, 2.75) is 18.8 Å². The van der Waals surface area contributed by atoms with Crippen molar-refractivity contribution in [3.63, 3.8) is 0 Å². The molecule has 0 saturated heterocycles. The molecule has 0 radical (unpaired) electrons. The predicted octanol–water partition coefficient (Wildman–Crippen LogP) is 4.25. The molecule has 0 bridgehead atoms. The number of alkyl halides is 6. The van der Waals surface area contributed by atoms with E-state index in [1.165, 1.54) is 0 Å². The Kier molecular flexibility index (Phi) is 4.82. The van der Waals surface area contributed by atoms with Crippen molar-refractivity contribution >= 4 is 23.2 Å². The molecule has 0 aliphatic carbocycles. The zero-order valence-electron chi connectivity index (χ0n) is 14.0. The highest BCUT2D eigenvalue weighted by atomic mass is 19.4. The van der Waals surface area contributed by atoms with Crippen LogP contribution in [-0.4, -0.2) is 18.4 Å². The number of para-hydroxylation sites is 1. The lowest BCUT2D eigenvalue weighted by Crippen LogP contribution is -2.38. The molecule has 1 heterocycles. The van der Waals surface area contributed by atoms with E-state index in [9.17, 15) is 35.9 Å². The zero-order chi connectivity index (χ0) is 20.7. The van der Waals surface area contributed by atoms with E-state index in [-0.39, 0.29) is 12.6 Å². The quantitative estimate of drug-likeness (QED) is 0.573. The second-order valence-electron chi connectivity index (χ2n) is 6.08. The third-order valence-corrected chi connectivity index (χ3v) is 4.17. The number of halogens is 6. The van der Waals surface area contributed by atoms with Gasteiger partial charge in [0.2, 0.25) is 0 Å². The summed E-state index contributed by atoms with van der Waals surface area (Å²) in [6.07, 6.45) is -9.63. The molecule has 1 aliphatic heterocycles. The number of fused-ring (bicyclic) bond motifs is 1. The summed E-state index contributed by atoms with van der Waals surface area (Å²) in [5.41, 5.74) is -2.66. The second-order valence-corrected chi connectivity index (χ2v) is 6.08. The monoisotopic (exact) mass is 402 g/mol. The highest BCUT2D eigenvalue weighted by Crippen LogP contribution is 2.37. The van der Waals surface area contributed by atoms with Crippen molar-refractivity contribution in [1.82, 2.24) is 0 Å². The molecule has 0 unspecified atom stereocenters. The van der Waals surface area contributed by atoms with Gasteiger partial charge in [0, 0.05) is 17.9 Å². The van der Waals surface area contributed by atoms with Gasteiger partial charge >= 0.3 is 24.2 Å². The Hall–Kier alpha value is -3.04. The minimum Gasteiger partial charge on any atom is -0.318 e. The summed E-state index contributed by atoms with van der Waals surface area (Å²) in [4.78, 5) is 25.6. The fraction of sp³-hybridized carbons (Fsp3) is 0.222. The van der Waals surface area contributed by atoms with Crippen LogP contribution in [0.4, 0.5) is 37.7 Å². The summed E-state index contributed by atoms with van der Waals surface area (Å²) in [6.45, 7) is 0.183. The van der Waals surface area contributed by atoms with Crippen molar-refractivity contribution in [2.75, 3.05) is 16.8 Å². The summed E-state index contributed by atoms with van der Waals surface area (Å²) >= 11 is 0. The molecule has 2 amide bonds. The van der Waals surface area contributed by atoms with E-state index in [4.69, 9.17) is 0 Å². The van der Waals surface area contributed by atoms with Gasteiger partial charge in [-0.1, -0.05) is 18.2 Å². The Bertz CT molecular complexity index is 904. The molecule has 0 spiro atoms. The molecule has 148 valence electrons. The fourth-order valence-corrected chi connectivity index (χ4v) is 2.88.